The number of rotatable bonds is 6. The zero-order chi connectivity index (χ0) is 24.5. The van der Waals surface area contributed by atoms with Gasteiger partial charge in [-0.25, -0.2) is 13.6 Å². The molecule has 2 N–H and O–H groups in total. The van der Waals surface area contributed by atoms with Crippen molar-refractivity contribution in [3.8, 4) is 22.4 Å². The number of nitrogens with zero attached hydrogens (tertiary/aromatic N) is 2. The molecule has 34 heavy (non-hydrogen) atoms. The Bertz CT molecular complexity index is 1420. The van der Waals surface area contributed by atoms with Crippen LogP contribution in [0.1, 0.15) is 11.3 Å². The molecule has 0 saturated carbocycles. The summed E-state index contributed by atoms with van der Waals surface area (Å²) in [4.78, 5) is 0.579. The summed E-state index contributed by atoms with van der Waals surface area (Å²) in [5, 5.41) is 9.70. The van der Waals surface area contributed by atoms with Crippen LogP contribution in [-0.4, -0.2) is 24.5 Å². The van der Waals surface area contributed by atoms with Gasteiger partial charge in [0.2, 0.25) is 10.0 Å². The van der Waals surface area contributed by atoms with E-state index >= 15 is 0 Å². The number of thioether (sulfide) groups is 1. The van der Waals surface area contributed by atoms with Gasteiger partial charge in [0.15, 0.2) is 5.69 Å². The van der Waals surface area contributed by atoms with E-state index in [1.807, 2.05) is 6.26 Å². The molecule has 0 radical (unpaired) electrons. The minimum atomic E-state index is -4.76. The van der Waals surface area contributed by atoms with E-state index in [1.54, 1.807) is 54.6 Å². The normalized spacial score (nSPS) is 12.1. The number of halogens is 3. The highest BCUT2D eigenvalue weighted by Crippen LogP contribution is 2.44. The lowest BCUT2D eigenvalue weighted by molar-refractivity contribution is -0.143. The number of aromatic nitrogens is 2. The third-order valence-corrected chi connectivity index (χ3v) is 6.94. The van der Waals surface area contributed by atoms with Crippen LogP contribution in [0.15, 0.2) is 88.7 Å². The maximum absolute atomic E-state index is 14.5. The zero-order valence-corrected chi connectivity index (χ0v) is 19.6. The molecule has 1 heterocycles. The molecular weight excluding hydrogens is 483 g/mol. The first kappa shape index (κ1) is 24.1. The summed E-state index contributed by atoms with van der Waals surface area (Å²) in [7, 11) is -4.22. The van der Waals surface area contributed by atoms with E-state index in [0.717, 1.165) is 9.58 Å². The van der Waals surface area contributed by atoms with Crippen LogP contribution in [0, 0.1) is 0 Å². The van der Waals surface area contributed by atoms with E-state index in [0.29, 0.717) is 5.56 Å². The van der Waals surface area contributed by atoms with Crippen LogP contribution in [-0.2, 0) is 22.7 Å². The predicted octanol–water partition coefficient (Wildman–Crippen LogP) is 5.65. The highest BCUT2D eigenvalue weighted by Gasteiger charge is 2.41. The van der Waals surface area contributed by atoms with E-state index in [-0.39, 0.29) is 33.8 Å². The van der Waals surface area contributed by atoms with Crippen molar-refractivity contribution in [2.24, 2.45) is 5.14 Å². The van der Waals surface area contributed by atoms with Crippen molar-refractivity contribution in [3.63, 3.8) is 0 Å². The van der Waals surface area contributed by atoms with Crippen molar-refractivity contribution in [1.82, 2.24) is 9.78 Å². The van der Waals surface area contributed by atoms with Gasteiger partial charge >= 0.3 is 6.18 Å². The van der Waals surface area contributed by atoms with Gasteiger partial charge < -0.3 is 0 Å². The molecule has 0 saturated heterocycles. The summed E-state index contributed by atoms with van der Waals surface area (Å²) >= 11 is 1.46. The molecule has 3 aromatic carbocycles. The maximum Gasteiger partial charge on any atom is 0.433 e. The first-order valence-corrected chi connectivity index (χ1v) is 12.8. The van der Waals surface area contributed by atoms with Gasteiger partial charge in [0.25, 0.3) is 0 Å². The minimum absolute atomic E-state index is 0.00579. The summed E-state index contributed by atoms with van der Waals surface area (Å²) in [5.41, 5.74) is -0.384. The molecular formula is C24H20F3N3O2S2. The molecule has 4 rings (SSSR count). The number of benzene rings is 3. The van der Waals surface area contributed by atoms with Gasteiger partial charge in [-0.15, -0.1) is 11.8 Å². The van der Waals surface area contributed by atoms with E-state index < -0.39 is 21.9 Å². The van der Waals surface area contributed by atoms with Gasteiger partial charge in [0.1, 0.15) is 5.69 Å². The zero-order valence-electron chi connectivity index (χ0n) is 18.0. The largest absolute Gasteiger partial charge is 0.433 e. The molecule has 0 fully saturated rings. The fourth-order valence-electron chi connectivity index (χ4n) is 3.75. The Labute approximate surface area is 199 Å². The molecule has 0 aliphatic carbocycles. The fourth-order valence-corrected chi connectivity index (χ4v) is 4.90. The second-order valence-electron chi connectivity index (χ2n) is 7.48. The van der Waals surface area contributed by atoms with Crippen LogP contribution in [0.2, 0.25) is 0 Å². The predicted molar refractivity (Wildman–Crippen MR) is 127 cm³/mol. The average molecular weight is 504 g/mol. The highest BCUT2D eigenvalue weighted by atomic mass is 32.2. The number of sulfonamides is 1. The van der Waals surface area contributed by atoms with Gasteiger partial charge in [-0.3, -0.25) is 4.68 Å². The number of nitrogens with two attached hydrogens (primary N) is 1. The van der Waals surface area contributed by atoms with Crippen molar-refractivity contribution in [1.29, 1.82) is 0 Å². The van der Waals surface area contributed by atoms with Crippen LogP contribution in [0.25, 0.3) is 22.4 Å². The van der Waals surface area contributed by atoms with Crippen molar-refractivity contribution in [2.75, 3.05) is 6.26 Å². The monoisotopic (exact) mass is 503 g/mol. The summed E-state index contributed by atoms with van der Waals surface area (Å²) in [6, 6.07) is 20.9. The summed E-state index contributed by atoms with van der Waals surface area (Å²) in [6.45, 7) is -0.150. The first-order valence-electron chi connectivity index (χ1n) is 10.1. The Morgan fingerprint density at radius 2 is 1.56 bits per heavy atom. The Morgan fingerprint density at radius 3 is 2.15 bits per heavy atom. The highest BCUT2D eigenvalue weighted by molar-refractivity contribution is 7.98. The second-order valence-corrected chi connectivity index (χ2v) is 9.89. The molecule has 4 aromatic rings. The molecule has 0 atom stereocenters. The van der Waals surface area contributed by atoms with E-state index in [9.17, 15) is 21.6 Å². The molecule has 1 aromatic heterocycles. The second kappa shape index (κ2) is 9.28. The molecule has 0 spiro atoms. The third-order valence-electron chi connectivity index (χ3n) is 5.22. The molecule has 176 valence electrons. The minimum Gasteiger partial charge on any atom is -0.255 e. The first-order chi connectivity index (χ1) is 16.1. The Morgan fingerprint density at radius 1 is 0.941 bits per heavy atom. The average Bonchev–Trinajstić information content (AvgIpc) is 3.19. The van der Waals surface area contributed by atoms with Gasteiger partial charge in [-0.2, -0.15) is 18.3 Å². The number of primary sulfonamides is 1. The van der Waals surface area contributed by atoms with Crippen molar-refractivity contribution in [3.05, 3.63) is 90.1 Å². The van der Waals surface area contributed by atoms with E-state index in [1.165, 1.54) is 36.0 Å². The van der Waals surface area contributed by atoms with Crippen LogP contribution in [0.5, 0.6) is 0 Å². The quantitative estimate of drug-likeness (QED) is 0.345. The summed E-state index contributed by atoms with van der Waals surface area (Å²) < 4.78 is 68.9. The number of hydrogen-bond donors (Lipinski definition) is 1. The fraction of sp³-hybridized carbons (Fsp3) is 0.125. The number of alkyl halides is 3. The van der Waals surface area contributed by atoms with Crippen LogP contribution >= 0.6 is 11.8 Å². The van der Waals surface area contributed by atoms with Crippen molar-refractivity contribution < 1.29 is 21.6 Å². The van der Waals surface area contributed by atoms with Crippen LogP contribution < -0.4 is 5.14 Å². The standard InChI is InChI=1S/C24H20F3N3O2S2/c1-33-18-13-11-17(12-14-18)21-22(19-9-5-6-10-20(19)34(28,31)32)29-30(23(21)24(25,26)27)15-16-7-3-2-4-8-16/h2-14H,15H2,1H3,(H2,28,31,32). The molecule has 0 amide bonds. The van der Waals surface area contributed by atoms with Gasteiger partial charge in [-0.05, 0) is 35.6 Å². The molecule has 0 aliphatic rings. The molecule has 0 aliphatic heterocycles. The smallest absolute Gasteiger partial charge is 0.255 e. The lowest BCUT2D eigenvalue weighted by Crippen LogP contribution is -2.16. The third kappa shape index (κ3) is 4.89. The molecule has 5 nitrogen and oxygen atoms in total. The molecule has 0 bridgehead atoms. The Kier molecular flexibility index (Phi) is 6.57. The molecule has 0 unspecified atom stereocenters. The van der Waals surface area contributed by atoms with Crippen molar-refractivity contribution in [2.45, 2.75) is 22.5 Å². The molecule has 10 heteroatoms. The Hall–Kier alpha value is -3.08. The lowest BCUT2D eigenvalue weighted by atomic mass is 9.98. The van der Waals surface area contributed by atoms with Crippen molar-refractivity contribution >= 4 is 21.8 Å². The van der Waals surface area contributed by atoms with Crippen LogP contribution in [0.4, 0.5) is 13.2 Å². The Balaban J connectivity index is 2.06. The maximum atomic E-state index is 14.5. The lowest BCUT2D eigenvalue weighted by Gasteiger charge is -2.14. The number of hydrogen-bond acceptors (Lipinski definition) is 4. The van der Waals surface area contributed by atoms with E-state index in [4.69, 9.17) is 5.14 Å². The topological polar surface area (TPSA) is 78.0 Å². The van der Waals surface area contributed by atoms with Gasteiger partial charge in [-0.1, -0.05) is 60.7 Å². The van der Waals surface area contributed by atoms with Crippen LogP contribution in [0.3, 0.4) is 0 Å². The summed E-state index contributed by atoms with van der Waals surface area (Å²) in [6.07, 6.45) is -2.90. The van der Waals surface area contributed by atoms with Gasteiger partial charge in [0.05, 0.1) is 11.4 Å². The van der Waals surface area contributed by atoms with Gasteiger partial charge in [0, 0.05) is 16.0 Å². The summed E-state index contributed by atoms with van der Waals surface area (Å²) in [5.74, 6) is 0. The van der Waals surface area contributed by atoms with E-state index in [2.05, 4.69) is 5.10 Å². The SMILES string of the molecule is CSc1ccc(-c2c(-c3ccccc3S(N)(=O)=O)nn(Cc3ccccc3)c2C(F)(F)F)cc1.